The van der Waals surface area contributed by atoms with E-state index in [1.165, 1.54) is 11.8 Å². The van der Waals surface area contributed by atoms with Gasteiger partial charge < -0.3 is 9.69 Å². The first-order chi connectivity index (χ1) is 9.73. The molecular formula is C15H26F3NO2. The van der Waals surface area contributed by atoms with Crippen LogP contribution in [0.15, 0.2) is 0 Å². The maximum atomic E-state index is 13.1. The third kappa shape index (κ3) is 8.07. The maximum Gasteiger partial charge on any atom is 0.400 e. The molecule has 1 atom stereocenters. The van der Waals surface area contributed by atoms with Crippen LogP contribution in [0.25, 0.3) is 0 Å². The van der Waals surface area contributed by atoms with Gasteiger partial charge in [-0.25, -0.2) is 0 Å². The molecule has 124 valence electrons. The summed E-state index contributed by atoms with van der Waals surface area (Å²) in [5, 5.41) is 0. The van der Waals surface area contributed by atoms with Gasteiger partial charge in [0.2, 0.25) is 5.91 Å². The number of alkyl halides is 3. The number of carbonyl (C=O) groups is 2. The van der Waals surface area contributed by atoms with E-state index in [1.807, 2.05) is 13.8 Å². The number of ketones is 1. The average Bonchev–Trinajstić information content (AvgIpc) is 2.37. The zero-order chi connectivity index (χ0) is 16.5. The molecule has 0 fully saturated rings. The van der Waals surface area contributed by atoms with Crippen LogP contribution in [-0.2, 0) is 9.59 Å². The fourth-order valence-corrected chi connectivity index (χ4v) is 2.03. The lowest BCUT2D eigenvalue weighted by molar-refractivity contribution is -0.190. The van der Waals surface area contributed by atoms with Gasteiger partial charge in [0, 0.05) is 19.5 Å². The van der Waals surface area contributed by atoms with Crippen molar-refractivity contribution in [1.82, 2.24) is 4.90 Å². The van der Waals surface area contributed by atoms with Crippen molar-refractivity contribution in [2.75, 3.05) is 13.1 Å². The van der Waals surface area contributed by atoms with Crippen molar-refractivity contribution < 1.29 is 22.8 Å². The molecule has 0 aliphatic heterocycles. The molecule has 0 aliphatic rings. The first-order valence-corrected chi connectivity index (χ1v) is 7.58. The Hall–Kier alpha value is -1.07. The molecule has 0 heterocycles. The molecule has 0 spiro atoms. The highest BCUT2D eigenvalue weighted by Crippen LogP contribution is 2.31. The normalized spacial score (nSPS) is 13.0. The number of hydrogen-bond acceptors (Lipinski definition) is 2. The van der Waals surface area contributed by atoms with E-state index in [2.05, 4.69) is 0 Å². The minimum Gasteiger partial charge on any atom is -0.342 e. The van der Waals surface area contributed by atoms with Gasteiger partial charge >= 0.3 is 6.18 Å². The molecule has 0 aromatic heterocycles. The molecule has 0 bridgehead atoms. The zero-order valence-corrected chi connectivity index (χ0v) is 13.1. The Morgan fingerprint density at radius 3 is 1.86 bits per heavy atom. The summed E-state index contributed by atoms with van der Waals surface area (Å²) in [6, 6.07) is 0. The van der Waals surface area contributed by atoms with Crippen molar-refractivity contribution in [2.45, 2.75) is 65.5 Å². The number of hydrogen-bond donors (Lipinski definition) is 0. The molecular weight excluding hydrogens is 283 g/mol. The van der Waals surface area contributed by atoms with Crippen LogP contribution in [0, 0.1) is 5.92 Å². The summed E-state index contributed by atoms with van der Waals surface area (Å²) in [5.74, 6) is -3.27. The number of unbranched alkanes of at least 4 members (excludes halogenated alkanes) is 2. The van der Waals surface area contributed by atoms with Gasteiger partial charge in [0.15, 0.2) is 0 Å². The Bertz CT molecular complexity index is 321. The number of halogens is 3. The Morgan fingerprint density at radius 2 is 1.52 bits per heavy atom. The molecule has 6 heteroatoms. The summed E-state index contributed by atoms with van der Waals surface area (Å²) in [7, 11) is 0. The lowest BCUT2D eigenvalue weighted by atomic mass is 9.99. The van der Waals surface area contributed by atoms with Gasteiger partial charge in [-0.1, -0.05) is 26.7 Å². The van der Waals surface area contributed by atoms with Gasteiger partial charge in [0.25, 0.3) is 0 Å². The Morgan fingerprint density at radius 1 is 1.05 bits per heavy atom. The number of nitrogens with zero attached hydrogens (tertiary/aromatic N) is 1. The van der Waals surface area contributed by atoms with Crippen molar-refractivity contribution >= 4 is 11.7 Å². The Balaban J connectivity index is 4.94. The largest absolute Gasteiger partial charge is 0.400 e. The molecule has 1 amide bonds. The minimum absolute atomic E-state index is 0.217. The molecule has 0 radical (unpaired) electrons. The summed E-state index contributed by atoms with van der Waals surface area (Å²) in [6.45, 7) is 5.80. The second kappa shape index (κ2) is 9.79. The summed E-state index contributed by atoms with van der Waals surface area (Å²) < 4.78 is 39.2. The van der Waals surface area contributed by atoms with E-state index in [-0.39, 0.29) is 12.2 Å². The SMILES string of the molecule is CCCCN(CCCC)C(=O)C(CCC(C)=O)C(F)(F)F. The van der Waals surface area contributed by atoms with Crippen LogP contribution in [0.4, 0.5) is 13.2 Å². The minimum atomic E-state index is -4.59. The second-order valence-corrected chi connectivity index (χ2v) is 5.37. The van der Waals surface area contributed by atoms with Crippen LogP contribution in [0.3, 0.4) is 0 Å². The highest BCUT2D eigenvalue weighted by atomic mass is 19.4. The van der Waals surface area contributed by atoms with Crippen molar-refractivity contribution in [2.24, 2.45) is 5.92 Å². The summed E-state index contributed by atoms with van der Waals surface area (Å²) in [6.07, 6.45) is -2.25. The monoisotopic (exact) mass is 309 g/mol. The fourth-order valence-electron chi connectivity index (χ4n) is 2.03. The van der Waals surface area contributed by atoms with Crippen LogP contribution in [0.5, 0.6) is 0 Å². The van der Waals surface area contributed by atoms with E-state index in [1.54, 1.807) is 0 Å². The average molecular weight is 309 g/mol. The Kier molecular flexibility index (Phi) is 9.29. The van der Waals surface area contributed by atoms with Crippen molar-refractivity contribution in [3.63, 3.8) is 0 Å². The highest BCUT2D eigenvalue weighted by molar-refractivity contribution is 5.81. The fraction of sp³-hybridized carbons (Fsp3) is 0.867. The molecule has 0 aliphatic carbocycles. The smallest absolute Gasteiger partial charge is 0.342 e. The van der Waals surface area contributed by atoms with Crippen LogP contribution < -0.4 is 0 Å². The maximum absolute atomic E-state index is 13.1. The molecule has 3 nitrogen and oxygen atoms in total. The predicted octanol–water partition coefficient (Wildman–Crippen LogP) is 3.96. The highest BCUT2D eigenvalue weighted by Gasteiger charge is 2.45. The predicted molar refractivity (Wildman–Crippen MR) is 75.9 cm³/mol. The van der Waals surface area contributed by atoms with Crippen molar-refractivity contribution in [3.8, 4) is 0 Å². The lowest BCUT2D eigenvalue weighted by Crippen LogP contribution is -2.43. The van der Waals surface area contributed by atoms with Crippen LogP contribution in [0.2, 0.25) is 0 Å². The van der Waals surface area contributed by atoms with Gasteiger partial charge in [0.05, 0.1) is 0 Å². The zero-order valence-electron chi connectivity index (χ0n) is 13.1. The van der Waals surface area contributed by atoms with Crippen LogP contribution >= 0.6 is 0 Å². The third-order valence-corrected chi connectivity index (χ3v) is 3.35. The summed E-state index contributed by atoms with van der Waals surface area (Å²) >= 11 is 0. The molecule has 21 heavy (non-hydrogen) atoms. The first-order valence-electron chi connectivity index (χ1n) is 7.58. The van der Waals surface area contributed by atoms with E-state index >= 15 is 0 Å². The van der Waals surface area contributed by atoms with Gasteiger partial charge in [0.1, 0.15) is 11.7 Å². The molecule has 0 saturated carbocycles. The standard InChI is InChI=1S/C15H26F3NO2/c1-4-6-10-19(11-7-5-2)14(21)13(15(16,17)18)9-8-12(3)20/h13H,4-11H2,1-3H3. The van der Waals surface area contributed by atoms with E-state index in [0.29, 0.717) is 25.9 Å². The van der Waals surface area contributed by atoms with E-state index < -0.39 is 24.4 Å². The van der Waals surface area contributed by atoms with Crippen molar-refractivity contribution in [3.05, 3.63) is 0 Å². The van der Waals surface area contributed by atoms with Gasteiger partial charge in [-0.15, -0.1) is 0 Å². The van der Waals surface area contributed by atoms with Crippen LogP contribution in [-0.4, -0.2) is 35.9 Å². The van der Waals surface area contributed by atoms with Gasteiger partial charge in [-0.2, -0.15) is 13.2 Å². The molecule has 0 rings (SSSR count). The molecule has 0 aromatic carbocycles. The quantitative estimate of drug-likeness (QED) is 0.612. The molecule has 0 N–H and O–H groups in total. The number of rotatable bonds is 10. The van der Waals surface area contributed by atoms with Gasteiger partial charge in [-0.05, 0) is 26.2 Å². The number of Topliss-reactive ketones (excluding diaryl/α,β-unsaturated/α-hetero) is 1. The molecule has 0 aromatic rings. The van der Waals surface area contributed by atoms with E-state index in [4.69, 9.17) is 0 Å². The lowest BCUT2D eigenvalue weighted by Gasteiger charge is -2.28. The molecule has 1 unspecified atom stereocenters. The number of carbonyl (C=O) groups excluding carboxylic acids is 2. The summed E-state index contributed by atoms with van der Waals surface area (Å²) in [4.78, 5) is 24.4. The van der Waals surface area contributed by atoms with Crippen LogP contribution in [0.1, 0.15) is 59.3 Å². The Labute approximate surface area is 124 Å². The number of amides is 1. The molecule has 0 saturated heterocycles. The second-order valence-electron chi connectivity index (χ2n) is 5.37. The van der Waals surface area contributed by atoms with Crippen molar-refractivity contribution in [1.29, 1.82) is 0 Å². The third-order valence-electron chi connectivity index (χ3n) is 3.35. The summed E-state index contributed by atoms with van der Waals surface area (Å²) in [5.41, 5.74) is 0. The van der Waals surface area contributed by atoms with E-state index in [0.717, 1.165) is 12.8 Å². The first kappa shape index (κ1) is 19.9. The van der Waals surface area contributed by atoms with E-state index in [9.17, 15) is 22.8 Å². The van der Waals surface area contributed by atoms with Gasteiger partial charge in [-0.3, -0.25) is 4.79 Å². The topological polar surface area (TPSA) is 37.4 Å².